The van der Waals surface area contributed by atoms with Crippen molar-refractivity contribution in [1.82, 2.24) is 20.2 Å². The average Bonchev–Trinajstić information content (AvgIpc) is 2.78. The number of aromatic nitrogens is 2. The summed E-state index contributed by atoms with van der Waals surface area (Å²) >= 11 is 0. The molecule has 0 fully saturated rings. The van der Waals surface area contributed by atoms with E-state index in [4.69, 9.17) is 4.74 Å². The van der Waals surface area contributed by atoms with Gasteiger partial charge in [-0.1, -0.05) is 48.5 Å². The van der Waals surface area contributed by atoms with E-state index in [0.717, 1.165) is 22.6 Å². The van der Waals surface area contributed by atoms with E-state index in [2.05, 4.69) is 15.3 Å². The van der Waals surface area contributed by atoms with Crippen molar-refractivity contribution in [1.29, 1.82) is 0 Å². The number of amides is 2. The Morgan fingerprint density at radius 1 is 1.17 bits per heavy atom. The lowest BCUT2D eigenvalue weighted by atomic mass is 10.1. The Labute approximate surface area is 174 Å². The number of ether oxygens (including phenoxy) is 1. The molecule has 0 spiro atoms. The highest BCUT2D eigenvalue weighted by atomic mass is 16.5. The Morgan fingerprint density at radius 3 is 2.73 bits per heavy atom. The van der Waals surface area contributed by atoms with Crippen LogP contribution >= 0.6 is 0 Å². The van der Waals surface area contributed by atoms with Gasteiger partial charge in [-0.05, 0) is 11.6 Å². The zero-order valence-electron chi connectivity index (χ0n) is 16.9. The molecule has 1 aromatic heterocycles. The second-order valence-corrected chi connectivity index (χ2v) is 7.24. The van der Waals surface area contributed by atoms with Crippen molar-refractivity contribution in [2.24, 2.45) is 0 Å². The molecule has 0 saturated heterocycles. The van der Waals surface area contributed by atoms with Gasteiger partial charge in [0.2, 0.25) is 0 Å². The van der Waals surface area contributed by atoms with Crippen molar-refractivity contribution in [3.05, 3.63) is 93.2 Å². The molecule has 7 nitrogen and oxygen atoms in total. The lowest BCUT2D eigenvalue weighted by molar-refractivity contribution is 0.191. The summed E-state index contributed by atoms with van der Waals surface area (Å²) in [5, 5.41) is 2.92. The van der Waals surface area contributed by atoms with Gasteiger partial charge >= 0.3 is 6.03 Å². The number of methoxy groups -OCH3 is 1. The van der Waals surface area contributed by atoms with Crippen LogP contribution < -0.4 is 15.6 Å². The zero-order chi connectivity index (χ0) is 20.9. The van der Waals surface area contributed by atoms with E-state index in [-0.39, 0.29) is 18.1 Å². The third-order valence-electron chi connectivity index (χ3n) is 5.24. The van der Waals surface area contributed by atoms with Gasteiger partial charge in [-0.15, -0.1) is 0 Å². The molecule has 0 radical (unpaired) electrons. The third-order valence-corrected chi connectivity index (χ3v) is 5.24. The Balaban J connectivity index is 1.45. The van der Waals surface area contributed by atoms with E-state index in [0.29, 0.717) is 37.3 Å². The van der Waals surface area contributed by atoms with Crippen LogP contribution in [0.15, 0.2) is 59.4 Å². The van der Waals surface area contributed by atoms with Crippen molar-refractivity contribution < 1.29 is 9.53 Å². The molecule has 7 heteroatoms. The Morgan fingerprint density at radius 2 is 1.93 bits per heavy atom. The predicted molar refractivity (Wildman–Crippen MR) is 113 cm³/mol. The summed E-state index contributed by atoms with van der Waals surface area (Å²) in [6.07, 6.45) is 1.03. The molecule has 2 N–H and O–H groups in total. The van der Waals surface area contributed by atoms with E-state index in [1.165, 1.54) is 0 Å². The van der Waals surface area contributed by atoms with Crippen LogP contribution in [0.3, 0.4) is 0 Å². The Hall–Kier alpha value is -3.61. The first-order chi connectivity index (χ1) is 14.6. The largest absolute Gasteiger partial charge is 0.496 e. The smallest absolute Gasteiger partial charge is 0.317 e. The number of aromatic amines is 1. The highest BCUT2D eigenvalue weighted by Gasteiger charge is 2.24. The maximum absolute atomic E-state index is 12.7. The van der Waals surface area contributed by atoms with Crippen molar-refractivity contribution >= 4 is 6.03 Å². The minimum atomic E-state index is -0.189. The number of para-hydroxylation sites is 1. The number of fused-ring (bicyclic) bond motifs is 1. The number of nitrogens with one attached hydrogen (secondary N) is 2. The van der Waals surface area contributed by atoms with Gasteiger partial charge in [0.05, 0.1) is 24.9 Å². The van der Waals surface area contributed by atoms with Crippen LogP contribution in [-0.4, -0.2) is 34.6 Å². The first kappa shape index (κ1) is 19.7. The Bertz CT molecular complexity index is 1100. The number of carbonyl (C=O) groups excluding carboxylic acids is 1. The normalized spacial score (nSPS) is 12.9. The monoisotopic (exact) mass is 404 g/mol. The van der Waals surface area contributed by atoms with Gasteiger partial charge in [0.25, 0.3) is 5.56 Å². The molecule has 1 aliphatic rings. The fourth-order valence-corrected chi connectivity index (χ4v) is 3.65. The number of hydrogen-bond acceptors (Lipinski definition) is 4. The number of hydrogen-bond donors (Lipinski definition) is 2. The summed E-state index contributed by atoms with van der Waals surface area (Å²) in [5.74, 6) is 1.37. The highest BCUT2D eigenvalue weighted by Crippen LogP contribution is 2.20. The number of carbonyl (C=O) groups is 1. The van der Waals surface area contributed by atoms with E-state index < -0.39 is 0 Å². The summed E-state index contributed by atoms with van der Waals surface area (Å²) < 4.78 is 5.38. The summed E-state index contributed by atoms with van der Waals surface area (Å²) in [4.78, 5) is 34.4. The molecule has 2 amide bonds. The van der Waals surface area contributed by atoms with Gasteiger partial charge in [-0.3, -0.25) is 4.79 Å². The van der Waals surface area contributed by atoms with Crippen molar-refractivity contribution in [2.45, 2.75) is 25.9 Å². The molecule has 0 aliphatic carbocycles. The molecular formula is C23H24N4O3. The SMILES string of the molecule is COc1ccccc1Cc1nc2c(c(=O)[nH]1)CN(C(=O)NCc1ccccc1)CC2. The summed E-state index contributed by atoms with van der Waals surface area (Å²) in [7, 11) is 1.62. The van der Waals surface area contributed by atoms with Crippen LogP contribution in [0.5, 0.6) is 5.75 Å². The summed E-state index contributed by atoms with van der Waals surface area (Å²) in [5.41, 5.74) is 3.12. The second-order valence-electron chi connectivity index (χ2n) is 7.24. The molecule has 30 heavy (non-hydrogen) atoms. The van der Waals surface area contributed by atoms with E-state index in [1.54, 1.807) is 12.0 Å². The summed E-state index contributed by atoms with van der Waals surface area (Å²) in [6, 6.07) is 17.2. The maximum atomic E-state index is 12.7. The summed E-state index contributed by atoms with van der Waals surface area (Å²) in [6.45, 7) is 1.24. The van der Waals surface area contributed by atoms with Crippen molar-refractivity contribution in [3.8, 4) is 5.75 Å². The van der Waals surface area contributed by atoms with Crippen LogP contribution in [0, 0.1) is 0 Å². The Kier molecular flexibility index (Phi) is 5.79. The first-order valence-corrected chi connectivity index (χ1v) is 9.93. The van der Waals surface area contributed by atoms with Gasteiger partial charge in [0.15, 0.2) is 0 Å². The number of rotatable bonds is 5. The van der Waals surface area contributed by atoms with Gasteiger partial charge in [-0.2, -0.15) is 0 Å². The second kappa shape index (κ2) is 8.82. The molecule has 0 unspecified atom stereocenters. The van der Waals surface area contributed by atoms with Crippen LogP contribution in [0.4, 0.5) is 4.79 Å². The molecule has 3 aromatic rings. The molecular weight excluding hydrogens is 380 g/mol. The molecule has 2 aromatic carbocycles. The van der Waals surface area contributed by atoms with Crippen LogP contribution in [0.2, 0.25) is 0 Å². The minimum absolute atomic E-state index is 0.179. The average molecular weight is 404 g/mol. The maximum Gasteiger partial charge on any atom is 0.317 e. The number of H-pyrrole nitrogens is 1. The standard InChI is InChI=1S/C23H24N4O3/c1-30-20-10-6-5-9-17(20)13-21-25-19-11-12-27(15-18(19)22(28)26-21)23(29)24-14-16-7-3-2-4-8-16/h2-10H,11-15H2,1H3,(H,24,29)(H,25,26,28). The molecule has 4 rings (SSSR count). The van der Waals surface area contributed by atoms with Gasteiger partial charge in [0.1, 0.15) is 11.6 Å². The lowest BCUT2D eigenvalue weighted by Gasteiger charge is -2.28. The van der Waals surface area contributed by atoms with Crippen LogP contribution in [0.25, 0.3) is 0 Å². The molecule has 0 atom stereocenters. The van der Waals surface area contributed by atoms with E-state index >= 15 is 0 Å². The predicted octanol–water partition coefficient (Wildman–Crippen LogP) is 2.64. The molecule has 154 valence electrons. The number of nitrogens with zero attached hydrogens (tertiary/aromatic N) is 2. The quantitative estimate of drug-likeness (QED) is 0.684. The first-order valence-electron chi connectivity index (χ1n) is 9.93. The van der Waals surface area contributed by atoms with Crippen molar-refractivity contribution in [3.63, 3.8) is 0 Å². The molecule has 0 saturated carbocycles. The lowest BCUT2D eigenvalue weighted by Crippen LogP contribution is -2.44. The minimum Gasteiger partial charge on any atom is -0.496 e. The van der Waals surface area contributed by atoms with E-state index in [9.17, 15) is 9.59 Å². The fraction of sp³-hybridized carbons (Fsp3) is 0.261. The van der Waals surface area contributed by atoms with Crippen LogP contribution in [-0.2, 0) is 25.9 Å². The van der Waals surface area contributed by atoms with Crippen molar-refractivity contribution in [2.75, 3.05) is 13.7 Å². The van der Waals surface area contributed by atoms with Gasteiger partial charge < -0.3 is 19.9 Å². The van der Waals surface area contributed by atoms with E-state index in [1.807, 2.05) is 54.6 Å². The van der Waals surface area contributed by atoms with Crippen LogP contribution in [0.1, 0.15) is 28.2 Å². The number of benzene rings is 2. The molecule has 1 aliphatic heterocycles. The topological polar surface area (TPSA) is 87.3 Å². The van der Waals surface area contributed by atoms with Gasteiger partial charge in [-0.25, -0.2) is 9.78 Å². The molecule has 0 bridgehead atoms. The fourth-order valence-electron chi connectivity index (χ4n) is 3.65. The zero-order valence-corrected chi connectivity index (χ0v) is 16.9. The number of urea groups is 1. The third kappa shape index (κ3) is 4.35. The van der Waals surface area contributed by atoms with Gasteiger partial charge in [0, 0.05) is 31.5 Å². The highest BCUT2D eigenvalue weighted by molar-refractivity contribution is 5.74. The molecule has 2 heterocycles.